The van der Waals surface area contributed by atoms with E-state index in [-0.39, 0.29) is 5.78 Å². The van der Waals surface area contributed by atoms with Crippen molar-refractivity contribution in [2.24, 2.45) is 11.7 Å². The summed E-state index contributed by atoms with van der Waals surface area (Å²) in [6.07, 6.45) is 4.68. The fourth-order valence-electron chi connectivity index (χ4n) is 1.50. The molecule has 2 heteroatoms. The summed E-state index contributed by atoms with van der Waals surface area (Å²) >= 11 is 0. The summed E-state index contributed by atoms with van der Waals surface area (Å²) in [6, 6.07) is 0. The third-order valence-corrected chi connectivity index (χ3v) is 3.03. The number of Topliss-reactive ketones (excluding diaryl/α,β-unsaturated/α-hetero) is 1. The maximum atomic E-state index is 11.6. The van der Waals surface area contributed by atoms with Crippen LogP contribution >= 0.6 is 0 Å². The van der Waals surface area contributed by atoms with Crippen molar-refractivity contribution in [1.29, 1.82) is 0 Å². The van der Waals surface area contributed by atoms with Gasteiger partial charge in [-0.1, -0.05) is 20.3 Å². The van der Waals surface area contributed by atoms with Crippen LogP contribution in [0, 0.1) is 5.92 Å². The van der Waals surface area contributed by atoms with Crippen molar-refractivity contribution >= 4 is 5.78 Å². The van der Waals surface area contributed by atoms with E-state index in [1.54, 1.807) is 0 Å². The summed E-state index contributed by atoms with van der Waals surface area (Å²) in [6.45, 7) is 4.22. The van der Waals surface area contributed by atoms with E-state index in [0.717, 1.165) is 25.7 Å². The van der Waals surface area contributed by atoms with Gasteiger partial charge in [0, 0.05) is 6.42 Å². The molecule has 0 radical (unpaired) electrons. The largest absolute Gasteiger partial charge is 0.319 e. The van der Waals surface area contributed by atoms with Crippen molar-refractivity contribution < 1.29 is 4.79 Å². The molecule has 1 atom stereocenters. The Labute approximate surface area is 74.5 Å². The molecule has 0 saturated heterocycles. The molecule has 0 aromatic carbocycles. The summed E-state index contributed by atoms with van der Waals surface area (Å²) < 4.78 is 0. The molecule has 0 bridgehead atoms. The van der Waals surface area contributed by atoms with Gasteiger partial charge in [-0.25, -0.2) is 0 Å². The SMILES string of the molecule is CCC(C)CC(=O)C1(N)CCC1. The lowest BCUT2D eigenvalue weighted by Crippen LogP contribution is -2.53. The van der Waals surface area contributed by atoms with Crippen LogP contribution in [-0.2, 0) is 4.79 Å². The topological polar surface area (TPSA) is 43.1 Å². The third-order valence-electron chi connectivity index (χ3n) is 3.03. The van der Waals surface area contributed by atoms with E-state index in [2.05, 4.69) is 13.8 Å². The maximum absolute atomic E-state index is 11.6. The van der Waals surface area contributed by atoms with Crippen LogP contribution in [-0.4, -0.2) is 11.3 Å². The van der Waals surface area contributed by atoms with Gasteiger partial charge in [0.05, 0.1) is 5.54 Å². The summed E-state index contributed by atoms with van der Waals surface area (Å²) in [4.78, 5) is 11.6. The Morgan fingerprint density at radius 3 is 2.50 bits per heavy atom. The first-order valence-electron chi connectivity index (χ1n) is 4.90. The minimum Gasteiger partial charge on any atom is -0.319 e. The van der Waals surface area contributed by atoms with E-state index in [0.29, 0.717) is 12.3 Å². The van der Waals surface area contributed by atoms with E-state index in [1.165, 1.54) is 0 Å². The average molecular weight is 169 g/mol. The molecule has 1 unspecified atom stereocenters. The minimum atomic E-state index is -0.427. The van der Waals surface area contributed by atoms with Gasteiger partial charge in [0.1, 0.15) is 0 Å². The molecule has 0 heterocycles. The predicted octanol–water partition coefficient (Wildman–Crippen LogP) is 1.87. The highest BCUT2D eigenvalue weighted by molar-refractivity contribution is 5.89. The molecule has 0 aromatic heterocycles. The van der Waals surface area contributed by atoms with E-state index < -0.39 is 5.54 Å². The summed E-state index contributed by atoms with van der Waals surface area (Å²) in [5, 5.41) is 0. The van der Waals surface area contributed by atoms with Crippen molar-refractivity contribution in [1.82, 2.24) is 0 Å². The second kappa shape index (κ2) is 3.56. The normalized spacial score (nSPS) is 22.9. The molecule has 12 heavy (non-hydrogen) atoms. The van der Waals surface area contributed by atoms with Crippen LogP contribution in [0.3, 0.4) is 0 Å². The highest BCUT2D eigenvalue weighted by atomic mass is 16.1. The van der Waals surface area contributed by atoms with Crippen molar-refractivity contribution in [2.45, 2.75) is 51.5 Å². The molecule has 1 aliphatic carbocycles. The molecule has 1 saturated carbocycles. The molecule has 1 rings (SSSR count). The minimum absolute atomic E-state index is 0.281. The molecular weight excluding hydrogens is 150 g/mol. The number of hydrogen-bond acceptors (Lipinski definition) is 2. The average Bonchev–Trinajstić information content (AvgIpc) is 1.99. The number of ketones is 1. The fraction of sp³-hybridized carbons (Fsp3) is 0.900. The summed E-state index contributed by atoms with van der Waals surface area (Å²) in [5.74, 6) is 0.779. The van der Waals surface area contributed by atoms with Crippen LogP contribution in [0.15, 0.2) is 0 Å². The smallest absolute Gasteiger partial charge is 0.152 e. The molecule has 0 amide bonds. The molecule has 2 nitrogen and oxygen atoms in total. The molecule has 0 aliphatic heterocycles. The molecular formula is C10H19NO. The van der Waals surface area contributed by atoms with Crippen LogP contribution < -0.4 is 5.73 Å². The van der Waals surface area contributed by atoms with Gasteiger partial charge in [-0.05, 0) is 25.2 Å². The second-order valence-electron chi connectivity index (χ2n) is 4.15. The Morgan fingerprint density at radius 2 is 2.17 bits per heavy atom. The Bertz CT molecular complexity index is 173. The van der Waals surface area contributed by atoms with Gasteiger partial charge in [-0.15, -0.1) is 0 Å². The first-order chi connectivity index (χ1) is 5.58. The van der Waals surface area contributed by atoms with E-state index >= 15 is 0 Å². The van der Waals surface area contributed by atoms with E-state index in [1.807, 2.05) is 0 Å². The lowest BCUT2D eigenvalue weighted by atomic mass is 9.72. The fourth-order valence-corrected chi connectivity index (χ4v) is 1.50. The Kier molecular flexibility index (Phi) is 2.89. The monoisotopic (exact) mass is 169 g/mol. The number of carbonyl (C=O) groups is 1. The van der Waals surface area contributed by atoms with Gasteiger partial charge in [-0.2, -0.15) is 0 Å². The first kappa shape index (κ1) is 9.72. The van der Waals surface area contributed by atoms with Gasteiger partial charge in [0.2, 0.25) is 0 Å². The van der Waals surface area contributed by atoms with Crippen LogP contribution in [0.1, 0.15) is 46.0 Å². The van der Waals surface area contributed by atoms with Crippen LogP contribution in [0.5, 0.6) is 0 Å². The lowest BCUT2D eigenvalue weighted by Gasteiger charge is -2.37. The molecule has 0 spiro atoms. The Morgan fingerprint density at radius 1 is 1.58 bits per heavy atom. The summed E-state index contributed by atoms with van der Waals surface area (Å²) in [7, 11) is 0. The van der Waals surface area contributed by atoms with Crippen molar-refractivity contribution in [3.63, 3.8) is 0 Å². The number of rotatable bonds is 4. The van der Waals surface area contributed by atoms with Gasteiger partial charge in [0.15, 0.2) is 5.78 Å². The summed E-state index contributed by atoms with van der Waals surface area (Å²) in [5.41, 5.74) is 5.47. The van der Waals surface area contributed by atoms with Crippen LogP contribution in [0.4, 0.5) is 0 Å². The quantitative estimate of drug-likeness (QED) is 0.698. The number of hydrogen-bond donors (Lipinski definition) is 1. The van der Waals surface area contributed by atoms with Crippen LogP contribution in [0.25, 0.3) is 0 Å². The van der Waals surface area contributed by atoms with Crippen molar-refractivity contribution in [3.8, 4) is 0 Å². The van der Waals surface area contributed by atoms with Gasteiger partial charge in [-0.3, -0.25) is 4.79 Å². The Balaban J connectivity index is 2.37. The second-order valence-corrected chi connectivity index (χ2v) is 4.15. The van der Waals surface area contributed by atoms with Gasteiger partial charge < -0.3 is 5.73 Å². The Hall–Kier alpha value is -0.370. The highest BCUT2D eigenvalue weighted by Gasteiger charge is 2.39. The zero-order valence-electron chi connectivity index (χ0n) is 8.10. The predicted molar refractivity (Wildman–Crippen MR) is 49.8 cm³/mol. The third kappa shape index (κ3) is 1.86. The number of nitrogens with two attached hydrogens (primary N) is 1. The standard InChI is InChI=1S/C10H19NO/c1-3-8(2)7-9(12)10(11)5-4-6-10/h8H,3-7,11H2,1-2H3. The molecule has 2 N–H and O–H groups in total. The lowest BCUT2D eigenvalue weighted by molar-refractivity contribution is -0.127. The molecule has 1 fully saturated rings. The van der Waals surface area contributed by atoms with E-state index in [9.17, 15) is 4.79 Å². The van der Waals surface area contributed by atoms with Crippen molar-refractivity contribution in [3.05, 3.63) is 0 Å². The molecule has 1 aliphatic rings. The number of carbonyl (C=O) groups excluding carboxylic acids is 1. The maximum Gasteiger partial charge on any atom is 0.152 e. The first-order valence-corrected chi connectivity index (χ1v) is 4.90. The zero-order chi connectivity index (χ0) is 9.19. The van der Waals surface area contributed by atoms with Crippen LogP contribution in [0.2, 0.25) is 0 Å². The van der Waals surface area contributed by atoms with Gasteiger partial charge >= 0.3 is 0 Å². The van der Waals surface area contributed by atoms with Crippen molar-refractivity contribution in [2.75, 3.05) is 0 Å². The zero-order valence-corrected chi connectivity index (χ0v) is 8.10. The highest BCUT2D eigenvalue weighted by Crippen LogP contribution is 2.31. The van der Waals surface area contributed by atoms with Gasteiger partial charge in [0.25, 0.3) is 0 Å². The van der Waals surface area contributed by atoms with E-state index in [4.69, 9.17) is 5.73 Å². The molecule has 0 aromatic rings. The molecule has 70 valence electrons.